The summed E-state index contributed by atoms with van der Waals surface area (Å²) in [5, 5.41) is 37.7. The van der Waals surface area contributed by atoms with Gasteiger partial charge in [0.1, 0.15) is 15.3 Å². The Balaban J connectivity index is -0.000000159. The summed E-state index contributed by atoms with van der Waals surface area (Å²) in [6.07, 6.45) is -1.97. The van der Waals surface area contributed by atoms with Gasteiger partial charge in [0.15, 0.2) is 10.7 Å². The quantitative estimate of drug-likeness (QED) is 0.0537. The number of nitrogens with zero attached hydrogens (tertiary/aromatic N) is 4. The number of pyridine rings is 2. The first-order valence-electron chi connectivity index (χ1n) is 9.66. The molecule has 1 N–H and O–H groups in total. The number of hydrogen-bond donors (Lipinski definition) is 1. The fourth-order valence-electron chi connectivity index (χ4n) is 1.73. The van der Waals surface area contributed by atoms with Crippen LogP contribution in [0.1, 0.15) is 15.3 Å². The number of ether oxygens (including phenoxy) is 3. The van der Waals surface area contributed by atoms with E-state index < -0.39 is 34.0 Å². The van der Waals surface area contributed by atoms with Gasteiger partial charge in [0.2, 0.25) is 0 Å². The van der Waals surface area contributed by atoms with Crippen molar-refractivity contribution in [1.29, 1.82) is 0 Å². The van der Waals surface area contributed by atoms with Crippen LogP contribution >= 0.6 is 47.8 Å². The standard InChI is InChI=1S/C9H9BrN2O5.C5H2Br2N2O2.C4H8O3.CH2O3.2K.H/c1-5(9(13)16-2)17-8-6(12(14)15)3-4-7(10)11-8;6-4-2-1-3(9(10)11)5(7)8-4;1-3(5)4(6)7-2;2-1-4-3;;;/h3-5H,1-2H3;1-2H;3,5H,1-2H3;1,3H;;;/q;;;;2*+1;-1/p-1. The molecule has 2 aromatic rings. The normalized spacial score (nSPS) is 10.2. The number of nitro groups is 2. The smallest absolute Gasteiger partial charge is 1.00 e. The van der Waals surface area contributed by atoms with Crippen molar-refractivity contribution in [3.05, 3.63) is 58.3 Å². The summed E-state index contributed by atoms with van der Waals surface area (Å²) in [6, 6.07) is 5.54. The molecule has 2 aromatic heterocycles. The van der Waals surface area contributed by atoms with Gasteiger partial charge in [-0.3, -0.25) is 25.0 Å². The van der Waals surface area contributed by atoms with Crippen LogP contribution in [0, 0.1) is 20.2 Å². The Morgan fingerprint density at radius 3 is 1.66 bits per heavy atom. The first kappa shape index (κ1) is 47.9. The largest absolute Gasteiger partial charge is 1.00 e. The Hall–Kier alpha value is -0.0573. The average Bonchev–Trinajstić information content (AvgIpc) is 2.88. The number of halogens is 3. The van der Waals surface area contributed by atoms with Crippen molar-refractivity contribution in [2.24, 2.45) is 0 Å². The van der Waals surface area contributed by atoms with E-state index in [1.807, 2.05) is 0 Å². The third kappa shape index (κ3) is 22.2. The number of methoxy groups -OCH3 is 2. The summed E-state index contributed by atoms with van der Waals surface area (Å²) in [5.41, 5.74) is -0.350. The van der Waals surface area contributed by atoms with Crippen LogP contribution in [-0.2, 0) is 28.7 Å². The number of aliphatic hydroxyl groups excluding tert-OH is 1. The van der Waals surface area contributed by atoms with Crippen LogP contribution < -0.4 is 113 Å². The van der Waals surface area contributed by atoms with E-state index in [0.717, 1.165) is 0 Å². The zero-order valence-electron chi connectivity index (χ0n) is 23.3. The Morgan fingerprint density at radius 2 is 1.34 bits per heavy atom. The molecular weight excluding hydrogens is 810 g/mol. The molecule has 2 atom stereocenters. The SMILES string of the molecule is COC(=O)C(C)O.COC(=O)C(C)Oc1nc(Br)ccc1[N+](=O)[O-].O=CO[O-].O=[N+]([O-])c1ccc(Br)nc1Br.[H-].[K+].[K+]. The van der Waals surface area contributed by atoms with Crippen molar-refractivity contribution in [1.82, 2.24) is 9.97 Å². The molecule has 0 aromatic carbocycles. The number of hydrogen-bond acceptors (Lipinski definition) is 15. The van der Waals surface area contributed by atoms with Gasteiger partial charge in [-0.15, -0.1) is 0 Å². The van der Waals surface area contributed by atoms with Crippen LogP contribution in [0.25, 0.3) is 0 Å². The molecule has 17 nitrogen and oxygen atoms in total. The fraction of sp³-hybridized carbons (Fsp3) is 0.316. The van der Waals surface area contributed by atoms with E-state index in [2.05, 4.69) is 72.1 Å². The van der Waals surface area contributed by atoms with E-state index in [4.69, 9.17) is 19.9 Å². The van der Waals surface area contributed by atoms with Crippen LogP contribution in [0.3, 0.4) is 0 Å². The first-order chi connectivity index (χ1) is 18.2. The van der Waals surface area contributed by atoms with Gasteiger partial charge in [-0.05, 0) is 73.8 Å². The number of aliphatic hydroxyl groups is 1. The van der Waals surface area contributed by atoms with Gasteiger partial charge in [-0.1, -0.05) is 0 Å². The molecule has 2 rings (SSSR count). The summed E-state index contributed by atoms with van der Waals surface area (Å²) in [6.45, 7) is 2.59. The molecule has 0 radical (unpaired) electrons. The minimum Gasteiger partial charge on any atom is -1.00 e. The van der Waals surface area contributed by atoms with Gasteiger partial charge in [0.05, 0.1) is 24.1 Å². The molecule has 0 saturated heterocycles. The monoisotopic (exact) mass is 828 g/mol. The van der Waals surface area contributed by atoms with E-state index in [-0.39, 0.29) is 133 Å². The first-order valence-corrected chi connectivity index (χ1v) is 12.0. The third-order valence-corrected chi connectivity index (χ3v) is 4.86. The van der Waals surface area contributed by atoms with Gasteiger partial charge in [-0.25, -0.2) is 19.6 Å². The fourth-order valence-corrected chi connectivity index (χ4v) is 3.04. The topological polar surface area (TPSA) is 243 Å². The summed E-state index contributed by atoms with van der Waals surface area (Å²) in [7, 11) is 2.43. The van der Waals surface area contributed by atoms with Crippen molar-refractivity contribution in [3.63, 3.8) is 0 Å². The number of aromatic nitrogens is 2. The summed E-state index contributed by atoms with van der Waals surface area (Å²) >= 11 is 9.11. The Labute approximate surface area is 344 Å². The van der Waals surface area contributed by atoms with Crippen LogP contribution in [0.4, 0.5) is 11.4 Å². The molecule has 0 spiro atoms. The van der Waals surface area contributed by atoms with Crippen LogP contribution in [0.2, 0.25) is 0 Å². The van der Waals surface area contributed by atoms with Gasteiger partial charge in [-0.2, -0.15) is 0 Å². The van der Waals surface area contributed by atoms with Gasteiger partial charge >= 0.3 is 126 Å². The maximum atomic E-state index is 11.1. The van der Waals surface area contributed by atoms with Gasteiger partial charge < -0.3 is 30.9 Å². The molecule has 0 amide bonds. The van der Waals surface area contributed by atoms with Gasteiger partial charge in [0.25, 0.3) is 12.4 Å². The van der Waals surface area contributed by atoms with Crippen molar-refractivity contribution < 1.29 is 158 Å². The molecule has 41 heavy (non-hydrogen) atoms. The van der Waals surface area contributed by atoms with Gasteiger partial charge in [0, 0.05) is 12.1 Å². The molecule has 0 saturated carbocycles. The average molecular weight is 831 g/mol. The molecule has 2 unspecified atom stereocenters. The molecule has 0 aliphatic carbocycles. The summed E-state index contributed by atoms with van der Waals surface area (Å²) < 4.78 is 14.8. The summed E-state index contributed by atoms with van der Waals surface area (Å²) in [5.74, 6) is -1.47. The Morgan fingerprint density at radius 1 is 0.927 bits per heavy atom. The summed E-state index contributed by atoms with van der Waals surface area (Å²) in [4.78, 5) is 59.8. The van der Waals surface area contributed by atoms with Crippen molar-refractivity contribution in [3.8, 4) is 5.88 Å². The molecule has 0 aliphatic rings. The van der Waals surface area contributed by atoms with E-state index in [1.54, 1.807) is 0 Å². The predicted octanol–water partition coefficient (Wildman–Crippen LogP) is -3.70. The zero-order valence-corrected chi connectivity index (χ0v) is 33.3. The van der Waals surface area contributed by atoms with Crippen LogP contribution in [0.15, 0.2) is 38.1 Å². The predicted molar refractivity (Wildman–Crippen MR) is 139 cm³/mol. The third-order valence-electron chi connectivity index (χ3n) is 3.40. The van der Waals surface area contributed by atoms with E-state index in [0.29, 0.717) is 9.21 Å². The molecule has 0 aliphatic heterocycles. The van der Waals surface area contributed by atoms with Crippen LogP contribution in [0.5, 0.6) is 5.88 Å². The molecule has 0 bridgehead atoms. The molecular formula is C19H21Br3K2N4O13. The van der Waals surface area contributed by atoms with E-state index >= 15 is 0 Å². The molecule has 2 heterocycles. The minimum absolute atomic E-state index is 0. The zero-order chi connectivity index (χ0) is 30.7. The Kier molecular flexibility index (Phi) is 32.1. The maximum Gasteiger partial charge on any atom is 1.00 e. The molecule has 22 heteroatoms. The number of esters is 2. The minimum atomic E-state index is -0.995. The maximum absolute atomic E-state index is 11.1. The van der Waals surface area contributed by atoms with E-state index in [1.165, 1.54) is 52.3 Å². The number of carbonyl (C=O) groups is 3. The van der Waals surface area contributed by atoms with Crippen molar-refractivity contribution in [2.45, 2.75) is 26.1 Å². The molecule has 0 fully saturated rings. The number of rotatable bonds is 7. The van der Waals surface area contributed by atoms with Crippen molar-refractivity contribution >= 4 is 77.6 Å². The Bertz CT molecular complexity index is 1140. The molecule has 218 valence electrons. The van der Waals surface area contributed by atoms with E-state index in [9.17, 15) is 29.8 Å². The second-order valence-corrected chi connectivity index (χ2v) is 8.47. The van der Waals surface area contributed by atoms with Crippen LogP contribution in [-0.4, -0.2) is 69.8 Å². The second kappa shape index (κ2) is 27.5. The number of carbonyl (C=O) groups excluding carboxylic acids is 3. The van der Waals surface area contributed by atoms with Crippen molar-refractivity contribution in [2.75, 3.05) is 14.2 Å². The second-order valence-electron chi connectivity index (χ2n) is 6.09.